The predicted molar refractivity (Wildman–Crippen MR) is 52.8 cm³/mol. The van der Waals surface area contributed by atoms with Crippen LogP contribution in [-0.4, -0.2) is 23.8 Å². The summed E-state index contributed by atoms with van der Waals surface area (Å²) < 4.78 is 23.0. The maximum Gasteiger partial charge on any atom is 0.308 e. The maximum atomic E-state index is 13.3. The number of benzene rings is 1. The minimum absolute atomic E-state index is 0.0258. The standard InChI is InChI=1S/C11H11FO4/c1-6(13)16-8-2-7(3-9-5-15-9)11(14)10(12)4-8/h2,4,9,14H,3,5H2,1H3. The van der Waals surface area contributed by atoms with Crippen LogP contribution in [0, 0.1) is 5.82 Å². The Balaban J connectivity index is 2.26. The van der Waals surface area contributed by atoms with Crippen LogP contribution in [0.25, 0.3) is 0 Å². The number of hydrogen-bond donors (Lipinski definition) is 1. The first kappa shape index (κ1) is 10.9. The van der Waals surface area contributed by atoms with E-state index in [1.54, 1.807) is 0 Å². The van der Waals surface area contributed by atoms with Crippen LogP contribution >= 0.6 is 0 Å². The minimum atomic E-state index is -0.797. The lowest BCUT2D eigenvalue weighted by atomic mass is 10.1. The Morgan fingerprint density at radius 3 is 2.94 bits per heavy atom. The summed E-state index contributed by atoms with van der Waals surface area (Å²) in [5.41, 5.74) is 0.388. The van der Waals surface area contributed by atoms with Gasteiger partial charge < -0.3 is 14.6 Å². The van der Waals surface area contributed by atoms with Crippen LogP contribution in [-0.2, 0) is 16.0 Å². The number of esters is 1. The van der Waals surface area contributed by atoms with Crippen LogP contribution in [0.15, 0.2) is 12.1 Å². The van der Waals surface area contributed by atoms with E-state index in [1.165, 1.54) is 13.0 Å². The van der Waals surface area contributed by atoms with Crippen molar-refractivity contribution in [3.8, 4) is 11.5 Å². The van der Waals surface area contributed by atoms with Gasteiger partial charge in [0.15, 0.2) is 11.6 Å². The molecule has 0 aliphatic carbocycles. The third kappa shape index (κ3) is 2.49. The number of carbonyl (C=O) groups excluding carboxylic acids is 1. The molecular weight excluding hydrogens is 215 g/mol. The molecule has 0 saturated carbocycles. The van der Waals surface area contributed by atoms with Crippen molar-refractivity contribution < 1.29 is 23.8 Å². The number of halogens is 1. The highest BCUT2D eigenvalue weighted by Crippen LogP contribution is 2.30. The fourth-order valence-electron chi connectivity index (χ4n) is 1.44. The van der Waals surface area contributed by atoms with Gasteiger partial charge in [-0.2, -0.15) is 0 Å². The average Bonchev–Trinajstić information content (AvgIpc) is 2.96. The number of ether oxygens (including phenoxy) is 2. The molecule has 0 bridgehead atoms. The van der Waals surface area contributed by atoms with Crippen molar-refractivity contribution in [3.63, 3.8) is 0 Å². The first-order valence-corrected chi connectivity index (χ1v) is 4.87. The Morgan fingerprint density at radius 1 is 1.69 bits per heavy atom. The van der Waals surface area contributed by atoms with E-state index < -0.39 is 17.5 Å². The number of phenolic OH excluding ortho intramolecular Hbond substituents is 1. The molecule has 1 saturated heterocycles. The Kier molecular flexibility index (Phi) is 2.78. The van der Waals surface area contributed by atoms with Crippen molar-refractivity contribution in [2.24, 2.45) is 0 Å². The Morgan fingerprint density at radius 2 is 2.38 bits per heavy atom. The molecule has 1 heterocycles. The highest BCUT2D eigenvalue weighted by Gasteiger charge is 2.25. The third-order valence-corrected chi connectivity index (χ3v) is 2.23. The lowest BCUT2D eigenvalue weighted by molar-refractivity contribution is -0.131. The normalized spacial score (nSPS) is 18.2. The summed E-state index contributed by atoms with van der Waals surface area (Å²) in [5.74, 6) is -1.64. The van der Waals surface area contributed by atoms with Gasteiger partial charge >= 0.3 is 5.97 Å². The van der Waals surface area contributed by atoms with Crippen molar-refractivity contribution in [1.82, 2.24) is 0 Å². The number of hydrogen-bond acceptors (Lipinski definition) is 4. The van der Waals surface area contributed by atoms with E-state index in [4.69, 9.17) is 9.47 Å². The summed E-state index contributed by atoms with van der Waals surface area (Å²) in [7, 11) is 0. The number of rotatable bonds is 3. The highest BCUT2D eigenvalue weighted by molar-refractivity contribution is 5.69. The Hall–Kier alpha value is -1.62. The maximum absolute atomic E-state index is 13.3. The summed E-state index contributed by atoms with van der Waals surface area (Å²) in [6.07, 6.45) is 0.440. The SMILES string of the molecule is CC(=O)Oc1cc(F)c(O)c(CC2CO2)c1. The highest BCUT2D eigenvalue weighted by atomic mass is 19.1. The number of epoxide rings is 1. The molecule has 0 spiro atoms. The molecule has 1 aliphatic heterocycles. The fraction of sp³-hybridized carbons (Fsp3) is 0.364. The molecule has 86 valence electrons. The zero-order valence-electron chi connectivity index (χ0n) is 8.70. The molecule has 1 aromatic carbocycles. The smallest absolute Gasteiger partial charge is 0.308 e. The molecule has 5 heteroatoms. The van der Waals surface area contributed by atoms with Gasteiger partial charge in [0.25, 0.3) is 0 Å². The van der Waals surface area contributed by atoms with Crippen LogP contribution in [0.4, 0.5) is 4.39 Å². The first-order valence-electron chi connectivity index (χ1n) is 4.87. The second kappa shape index (κ2) is 4.09. The van der Waals surface area contributed by atoms with Crippen LogP contribution in [0.5, 0.6) is 11.5 Å². The van der Waals surface area contributed by atoms with Crippen molar-refractivity contribution in [3.05, 3.63) is 23.5 Å². The van der Waals surface area contributed by atoms with Gasteiger partial charge in [-0.15, -0.1) is 0 Å². The van der Waals surface area contributed by atoms with Gasteiger partial charge in [-0.1, -0.05) is 0 Å². The quantitative estimate of drug-likeness (QED) is 0.480. The summed E-state index contributed by atoms with van der Waals surface area (Å²) in [5, 5.41) is 9.46. The number of aromatic hydroxyl groups is 1. The van der Waals surface area contributed by atoms with Gasteiger partial charge in [0.2, 0.25) is 0 Å². The topological polar surface area (TPSA) is 59.1 Å². The minimum Gasteiger partial charge on any atom is -0.505 e. The molecule has 1 unspecified atom stereocenters. The number of carbonyl (C=O) groups is 1. The summed E-state index contributed by atoms with van der Waals surface area (Å²) in [4.78, 5) is 10.7. The molecule has 1 N–H and O–H groups in total. The molecule has 1 aliphatic rings. The fourth-order valence-corrected chi connectivity index (χ4v) is 1.44. The van der Waals surface area contributed by atoms with E-state index >= 15 is 0 Å². The van der Waals surface area contributed by atoms with Crippen LogP contribution in [0.2, 0.25) is 0 Å². The van der Waals surface area contributed by atoms with Crippen LogP contribution in [0.1, 0.15) is 12.5 Å². The lowest BCUT2D eigenvalue weighted by Crippen LogP contribution is -2.03. The van der Waals surface area contributed by atoms with E-state index in [0.29, 0.717) is 18.6 Å². The summed E-state index contributed by atoms with van der Waals surface area (Å²) >= 11 is 0. The van der Waals surface area contributed by atoms with Gasteiger partial charge in [0.1, 0.15) is 5.75 Å². The predicted octanol–water partition coefficient (Wildman–Crippen LogP) is 1.40. The zero-order valence-corrected chi connectivity index (χ0v) is 8.70. The van der Waals surface area contributed by atoms with E-state index in [0.717, 1.165) is 6.07 Å². The third-order valence-electron chi connectivity index (χ3n) is 2.23. The Labute approximate surface area is 91.6 Å². The first-order chi connectivity index (χ1) is 7.56. The molecule has 1 atom stereocenters. The monoisotopic (exact) mass is 226 g/mol. The molecule has 0 radical (unpaired) electrons. The van der Waals surface area contributed by atoms with E-state index in [2.05, 4.69) is 0 Å². The summed E-state index contributed by atoms with van der Waals surface area (Å²) in [6, 6.07) is 2.43. The van der Waals surface area contributed by atoms with Gasteiger partial charge in [-0.05, 0) is 6.07 Å². The van der Waals surface area contributed by atoms with Gasteiger partial charge in [0, 0.05) is 25.0 Å². The molecule has 16 heavy (non-hydrogen) atoms. The lowest BCUT2D eigenvalue weighted by Gasteiger charge is -2.07. The van der Waals surface area contributed by atoms with Gasteiger partial charge in [-0.3, -0.25) is 4.79 Å². The number of phenols is 1. The van der Waals surface area contributed by atoms with Crippen molar-refractivity contribution >= 4 is 5.97 Å². The Bertz CT molecular complexity index is 426. The molecule has 1 aromatic rings. The average molecular weight is 226 g/mol. The van der Waals surface area contributed by atoms with Crippen LogP contribution < -0.4 is 4.74 Å². The van der Waals surface area contributed by atoms with Gasteiger partial charge in [-0.25, -0.2) is 4.39 Å². The van der Waals surface area contributed by atoms with E-state index in [9.17, 15) is 14.3 Å². The molecule has 0 aromatic heterocycles. The second-order valence-corrected chi connectivity index (χ2v) is 3.67. The van der Waals surface area contributed by atoms with E-state index in [1.807, 2.05) is 0 Å². The molecule has 2 rings (SSSR count). The summed E-state index contributed by atoms with van der Waals surface area (Å²) in [6.45, 7) is 1.84. The molecule has 4 nitrogen and oxygen atoms in total. The molecule has 0 amide bonds. The second-order valence-electron chi connectivity index (χ2n) is 3.67. The van der Waals surface area contributed by atoms with Crippen molar-refractivity contribution in [2.75, 3.05) is 6.61 Å². The molecular formula is C11H11FO4. The van der Waals surface area contributed by atoms with E-state index in [-0.39, 0.29) is 11.9 Å². The zero-order chi connectivity index (χ0) is 11.7. The van der Waals surface area contributed by atoms with Gasteiger partial charge in [0.05, 0.1) is 12.7 Å². The van der Waals surface area contributed by atoms with Crippen molar-refractivity contribution in [1.29, 1.82) is 0 Å². The van der Waals surface area contributed by atoms with Crippen molar-refractivity contribution in [2.45, 2.75) is 19.4 Å². The van der Waals surface area contributed by atoms with Crippen LogP contribution in [0.3, 0.4) is 0 Å². The molecule has 1 fully saturated rings. The largest absolute Gasteiger partial charge is 0.505 e.